The minimum absolute atomic E-state index is 0.00839. The highest BCUT2D eigenvalue weighted by molar-refractivity contribution is 5.88. The highest BCUT2D eigenvalue weighted by Gasteiger charge is 2.36. The van der Waals surface area contributed by atoms with E-state index in [2.05, 4.69) is 9.97 Å². The largest absolute Gasteiger partial charge is 0.490 e. The first-order valence-corrected chi connectivity index (χ1v) is 11.7. The average Bonchev–Trinajstić information content (AvgIpc) is 2.94. The zero-order chi connectivity index (χ0) is 28.4. The molecule has 0 aliphatic carbocycles. The quantitative estimate of drug-likeness (QED) is 0.190. The highest BCUT2D eigenvalue weighted by atomic mass is 19.4. The van der Waals surface area contributed by atoms with Crippen LogP contribution in [0, 0.1) is 17.5 Å². The molecule has 0 N–H and O–H groups in total. The Labute approximate surface area is 223 Å². The molecule has 0 aliphatic rings. The molecule has 0 unspecified atom stereocenters. The molecule has 5 rings (SSSR count). The lowest BCUT2D eigenvalue weighted by Gasteiger charge is -2.18. The monoisotopic (exact) mass is 556 g/mol. The van der Waals surface area contributed by atoms with Crippen molar-refractivity contribution < 1.29 is 40.6 Å². The van der Waals surface area contributed by atoms with Crippen molar-refractivity contribution >= 4 is 10.9 Å². The second-order valence-corrected chi connectivity index (χ2v) is 8.49. The fourth-order valence-corrected chi connectivity index (χ4v) is 3.99. The van der Waals surface area contributed by atoms with Crippen LogP contribution in [0.15, 0.2) is 79.1 Å². The lowest BCUT2D eigenvalue weighted by Crippen LogP contribution is -2.09. The van der Waals surface area contributed by atoms with Gasteiger partial charge in [0.2, 0.25) is 11.6 Å². The molecule has 204 valence electrons. The molecule has 5 aromatic rings. The summed E-state index contributed by atoms with van der Waals surface area (Å²) in [4.78, 5) is 8.54. The molecular weight excluding hydrogens is 538 g/mol. The molecule has 0 fully saturated rings. The normalized spacial score (nSPS) is 11.5. The maximum atomic E-state index is 14.8. The Bertz CT molecular complexity index is 1690. The van der Waals surface area contributed by atoms with Crippen LogP contribution in [-0.4, -0.2) is 17.1 Å². The lowest BCUT2D eigenvalue weighted by atomic mass is 10.0. The number of aromatic nitrogens is 2. The van der Waals surface area contributed by atoms with Gasteiger partial charge < -0.3 is 14.2 Å². The van der Waals surface area contributed by atoms with E-state index in [1.54, 1.807) is 6.07 Å². The topological polar surface area (TPSA) is 53.5 Å². The Hall–Kier alpha value is -4.80. The molecule has 2 heterocycles. The number of methoxy groups -OCH3 is 1. The smallest absolute Gasteiger partial charge is 0.419 e. The lowest BCUT2D eigenvalue weighted by molar-refractivity contribution is -0.140. The van der Waals surface area contributed by atoms with Crippen LogP contribution in [0.4, 0.5) is 26.3 Å². The maximum absolute atomic E-state index is 14.8. The number of fused-ring (bicyclic) bond motifs is 1. The van der Waals surface area contributed by atoms with Gasteiger partial charge in [-0.05, 0) is 35.9 Å². The Balaban J connectivity index is 1.67. The summed E-state index contributed by atoms with van der Waals surface area (Å²) in [6, 6.07) is 14.9. The third kappa shape index (κ3) is 5.35. The first-order chi connectivity index (χ1) is 19.2. The van der Waals surface area contributed by atoms with Crippen LogP contribution in [0.2, 0.25) is 0 Å². The molecule has 0 amide bonds. The van der Waals surface area contributed by atoms with Gasteiger partial charge in [0.05, 0.1) is 29.3 Å². The van der Waals surface area contributed by atoms with E-state index >= 15 is 0 Å². The molecular formula is C29H18F6N2O3. The summed E-state index contributed by atoms with van der Waals surface area (Å²) in [6.45, 7) is 0.144. The van der Waals surface area contributed by atoms with Crippen LogP contribution < -0.4 is 14.2 Å². The van der Waals surface area contributed by atoms with Gasteiger partial charge in [0.25, 0.3) is 0 Å². The van der Waals surface area contributed by atoms with E-state index in [1.165, 1.54) is 18.5 Å². The Morgan fingerprint density at radius 3 is 2.33 bits per heavy atom. The van der Waals surface area contributed by atoms with Crippen LogP contribution >= 0.6 is 0 Å². The minimum atomic E-state index is -5.08. The van der Waals surface area contributed by atoms with Gasteiger partial charge in [-0.3, -0.25) is 4.98 Å². The third-order valence-corrected chi connectivity index (χ3v) is 5.90. The van der Waals surface area contributed by atoms with Gasteiger partial charge in [-0.25, -0.2) is 13.8 Å². The van der Waals surface area contributed by atoms with E-state index in [9.17, 15) is 26.3 Å². The molecule has 3 aromatic carbocycles. The van der Waals surface area contributed by atoms with Gasteiger partial charge >= 0.3 is 6.18 Å². The standard InChI is InChI=1S/C29H18F6N2O3/c1-38-28-24(8-7-20(30)27(28)32)40-26-12-19(29(33,34)35)21(31)11-17(26)23-13-25(18-14-36-10-9-22(18)37-23)39-15-16-5-3-2-4-6-16/h2-14H,15H2,1H3. The van der Waals surface area contributed by atoms with E-state index in [4.69, 9.17) is 14.2 Å². The summed E-state index contributed by atoms with van der Waals surface area (Å²) in [5.41, 5.74) is -0.648. The number of rotatable bonds is 7. The molecule has 0 aliphatic heterocycles. The van der Waals surface area contributed by atoms with Crippen molar-refractivity contribution in [3.05, 3.63) is 108 Å². The first kappa shape index (κ1) is 26.8. The van der Waals surface area contributed by atoms with E-state index in [0.29, 0.717) is 23.0 Å². The molecule has 0 radical (unpaired) electrons. The fraction of sp³-hybridized carbons (Fsp3) is 0.103. The zero-order valence-electron chi connectivity index (χ0n) is 20.6. The van der Waals surface area contributed by atoms with Crippen LogP contribution in [0.5, 0.6) is 23.0 Å². The van der Waals surface area contributed by atoms with Crippen molar-refractivity contribution in [1.82, 2.24) is 9.97 Å². The number of pyridine rings is 2. The minimum Gasteiger partial charge on any atom is -0.490 e. The van der Waals surface area contributed by atoms with Crippen molar-refractivity contribution in [1.29, 1.82) is 0 Å². The third-order valence-electron chi connectivity index (χ3n) is 5.90. The van der Waals surface area contributed by atoms with Crippen molar-refractivity contribution in [2.45, 2.75) is 12.8 Å². The summed E-state index contributed by atoms with van der Waals surface area (Å²) in [5.74, 6) is -5.64. The number of halogens is 6. The first-order valence-electron chi connectivity index (χ1n) is 11.7. The number of hydrogen-bond donors (Lipinski definition) is 0. The Kier molecular flexibility index (Phi) is 7.20. The van der Waals surface area contributed by atoms with Crippen LogP contribution in [0.25, 0.3) is 22.2 Å². The predicted molar refractivity (Wildman–Crippen MR) is 134 cm³/mol. The summed E-state index contributed by atoms with van der Waals surface area (Å²) in [5, 5.41) is 0.499. The van der Waals surface area contributed by atoms with Gasteiger partial charge in [-0.1, -0.05) is 30.3 Å². The van der Waals surface area contributed by atoms with E-state index in [1.807, 2.05) is 30.3 Å². The number of benzene rings is 3. The van der Waals surface area contributed by atoms with Gasteiger partial charge in [-0.2, -0.15) is 17.6 Å². The second kappa shape index (κ2) is 10.8. The molecule has 40 heavy (non-hydrogen) atoms. The second-order valence-electron chi connectivity index (χ2n) is 8.49. The number of hydrogen-bond acceptors (Lipinski definition) is 5. The zero-order valence-corrected chi connectivity index (χ0v) is 20.6. The van der Waals surface area contributed by atoms with Crippen LogP contribution in [0.1, 0.15) is 11.1 Å². The molecule has 11 heteroatoms. The average molecular weight is 556 g/mol. The fourth-order valence-electron chi connectivity index (χ4n) is 3.99. The van der Waals surface area contributed by atoms with Crippen molar-refractivity contribution in [3.8, 4) is 34.3 Å². The summed E-state index contributed by atoms with van der Waals surface area (Å²) in [6.07, 6.45) is -2.12. The molecule has 0 atom stereocenters. The van der Waals surface area contributed by atoms with Crippen molar-refractivity contribution in [3.63, 3.8) is 0 Å². The SMILES string of the molecule is COc1c(Oc2cc(C(F)(F)F)c(F)cc2-c2cc(OCc3ccccc3)c3cnccc3n2)ccc(F)c1F. The van der Waals surface area contributed by atoms with Gasteiger partial charge in [0, 0.05) is 24.0 Å². The maximum Gasteiger partial charge on any atom is 0.419 e. The summed E-state index contributed by atoms with van der Waals surface area (Å²) in [7, 11) is 1.03. The van der Waals surface area contributed by atoms with E-state index in [-0.39, 0.29) is 23.6 Å². The predicted octanol–water partition coefficient (Wildman–Crippen LogP) is 8.11. The van der Waals surface area contributed by atoms with Crippen molar-refractivity contribution in [2.75, 3.05) is 7.11 Å². The molecule has 2 aromatic heterocycles. The van der Waals surface area contributed by atoms with Gasteiger partial charge in [-0.15, -0.1) is 0 Å². The van der Waals surface area contributed by atoms with Gasteiger partial charge in [0.1, 0.15) is 23.9 Å². The number of nitrogens with zero attached hydrogens (tertiary/aromatic N) is 2. The highest BCUT2D eigenvalue weighted by Crippen LogP contribution is 2.44. The Morgan fingerprint density at radius 2 is 1.60 bits per heavy atom. The van der Waals surface area contributed by atoms with Crippen LogP contribution in [-0.2, 0) is 12.8 Å². The molecule has 0 bridgehead atoms. The molecule has 0 spiro atoms. The Morgan fingerprint density at radius 1 is 0.825 bits per heavy atom. The summed E-state index contributed by atoms with van der Waals surface area (Å²) >= 11 is 0. The van der Waals surface area contributed by atoms with E-state index < -0.39 is 46.4 Å². The van der Waals surface area contributed by atoms with Crippen LogP contribution in [0.3, 0.4) is 0 Å². The number of alkyl halides is 3. The molecule has 0 saturated heterocycles. The van der Waals surface area contributed by atoms with Gasteiger partial charge in [0.15, 0.2) is 11.6 Å². The number of ether oxygens (including phenoxy) is 3. The summed E-state index contributed by atoms with van der Waals surface area (Å²) < 4.78 is 100. The molecule has 5 nitrogen and oxygen atoms in total. The van der Waals surface area contributed by atoms with E-state index in [0.717, 1.165) is 24.8 Å². The van der Waals surface area contributed by atoms with Crippen molar-refractivity contribution in [2.24, 2.45) is 0 Å². The molecule has 0 saturated carbocycles.